The van der Waals surface area contributed by atoms with E-state index < -0.39 is 0 Å². The molecule has 0 atom stereocenters. The Morgan fingerprint density at radius 1 is 1.46 bits per heavy atom. The lowest BCUT2D eigenvalue weighted by Crippen LogP contribution is -2.04. The first-order valence-electron chi connectivity index (χ1n) is 3.92. The molecule has 1 aromatic rings. The molecule has 0 saturated carbocycles. The molecular weight excluding hydrogens is 173 g/mol. The molecular formula is C9H12FNO2. The normalized spacial score (nSPS) is 10.1. The minimum atomic E-state index is -0.364. The first kappa shape index (κ1) is 9.95. The molecule has 0 bridgehead atoms. The Bertz CT molecular complexity index is 278. The fraction of sp³-hybridized carbons (Fsp3) is 0.333. The number of hydrogen-bond acceptors (Lipinski definition) is 3. The van der Waals surface area contributed by atoms with E-state index in [1.807, 2.05) is 0 Å². The zero-order chi connectivity index (χ0) is 9.68. The maximum absolute atomic E-state index is 13.1. The van der Waals surface area contributed by atoms with Crippen LogP contribution in [0.2, 0.25) is 0 Å². The molecule has 0 unspecified atom stereocenters. The van der Waals surface area contributed by atoms with Crippen LogP contribution in [0.3, 0.4) is 0 Å². The third-order valence-corrected chi connectivity index (χ3v) is 1.72. The first-order valence-corrected chi connectivity index (χ1v) is 3.92. The van der Waals surface area contributed by atoms with Gasteiger partial charge in [-0.1, -0.05) is 6.07 Å². The maximum atomic E-state index is 13.1. The van der Waals surface area contributed by atoms with Gasteiger partial charge in [0.05, 0.1) is 13.7 Å². The summed E-state index contributed by atoms with van der Waals surface area (Å²) in [6.45, 7) is 0.381. The van der Waals surface area contributed by atoms with E-state index in [1.54, 1.807) is 12.1 Å². The molecule has 0 heterocycles. The van der Waals surface area contributed by atoms with Gasteiger partial charge >= 0.3 is 0 Å². The van der Waals surface area contributed by atoms with Crippen LogP contribution in [0.1, 0.15) is 5.56 Å². The number of nitrogens with two attached hydrogens (primary N) is 1. The van der Waals surface area contributed by atoms with Crippen LogP contribution in [0, 0.1) is 5.82 Å². The highest BCUT2D eigenvalue weighted by atomic mass is 19.1. The topological polar surface area (TPSA) is 44.5 Å². The molecule has 0 aliphatic carbocycles. The quantitative estimate of drug-likeness (QED) is 0.718. The standard InChI is InChI=1S/C9H12FNO2/c1-12-9-3-2-7(4-5-13-11)6-8(9)10/h2-3,6H,4-5,11H2,1H3. The molecule has 1 rings (SSSR count). The van der Waals surface area contributed by atoms with Crippen molar-refractivity contribution < 1.29 is 14.0 Å². The van der Waals surface area contributed by atoms with Crippen molar-refractivity contribution in [3.05, 3.63) is 29.6 Å². The summed E-state index contributed by atoms with van der Waals surface area (Å²) in [6, 6.07) is 4.78. The molecule has 0 amide bonds. The van der Waals surface area contributed by atoms with Crippen LogP contribution in [0.5, 0.6) is 5.75 Å². The molecule has 4 heteroatoms. The second-order valence-corrected chi connectivity index (χ2v) is 2.59. The Hall–Kier alpha value is -1.13. The van der Waals surface area contributed by atoms with Crippen molar-refractivity contribution in [2.45, 2.75) is 6.42 Å². The van der Waals surface area contributed by atoms with Crippen LogP contribution in [0.15, 0.2) is 18.2 Å². The molecule has 0 fully saturated rings. The van der Waals surface area contributed by atoms with Crippen LogP contribution >= 0.6 is 0 Å². The molecule has 72 valence electrons. The van der Waals surface area contributed by atoms with E-state index in [4.69, 9.17) is 10.6 Å². The SMILES string of the molecule is COc1ccc(CCON)cc1F. The zero-order valence-electron chi connectivity index (χ0n) is 7.42. The van der Waals surface area contributed by atoms with E-state index >= 15 is 0 Å². The highest BCUT2D eigenvalue weighted by molar-refractivity contribution is 5.29. The lowest BCUT2D eigenvalue weighted by molar-refractivity contribution is 0.141. The summed E-state index contributed by atoms with van der Waals surface area (Å²) in [5.41, 5.74) is 0.837. The molecule has 3 nitrogen and oxygen atoms in total. The van der Waals surface area contributed by atoms with Crippen molar-refractivity contribution in [1.29, 1.82) is 0 Å². The largest absolute Gasteiger partial charge is 0.494 e. The number of halogens is 1. The molecule has 0 spiro atoms. The van der Waals surface area contributed by atoms with Gasteiger partial charge in [-0.3, -0.25) is 0 Å². The lowest BCUT2D eigenvalue weighted by Gasteiger charge is -2.04. The highest BCUT2D eigenvalue weighted by Crippen LogP contribution is 2.17. The van der Waals surface area contributed by atoms with Crippen LogP contribution in [-0.4, -0.2) is 13.7 Å². The van der Waals surface area contributed by atoms with E-state index in [0.29, 0.717) is 13.0 Å². The summed E-state index contributed by atoms with van der Waals surface area (Å²) in [5.74, 6) is 4.74. The average Bonchev–Trinajstić information content (AvgIpc) is 2.15. The van der Waals surface area contributed by atoms with Crippen LogP contribution in [0.25, 0.3) is 0 Å². The van der Waals surface area contributed by atoms with Gasteiger partial charge in [-0.05, 0) is 24.1 Å². The fourth-order valence-electron chi connectivity index (χ4n) is 1.04. The highest BCUT2D eigenvalue weighted by Gasteiger charge is 2.02. The van der Waals surface area contributed by atoms with Crippen LogP contribution < -0.4 is 10.6 Å². The Morgan fingerprint density at radius 3 is 2.77 bits per heavy atom. The maximum Gasteiger partial charge on any atom is 0.165 e. The number of methoxy groups -OCH3 is 1. The summed E-state index contributed by atoms with van der Waals surface area (Å²) in [6.07, 6.45) is 0.595. The summed E-state index contributed by atoms with van der Waals surface area (Å²) in [5, 5.41) is 0. The predicted molar refractivity (Wildman–Crippen MR) is 46.8 cm³/mol. The van der Waals surface area contributed by atoms with Gasteiger partial charge in [0, 0.05) is 0 Å². The van der Waals surface area contributed by atoms with Gasteiger partial charge < -0.3 is 9.57 Å². The molecule has 1 aromatic carbocycles. The number of rotatable bonds is 4. The summed E-state index contributed by atoms with van der Waals surface area (Å²) in [7, 11) is 1.43. The predicted octanol–water partition coefficient (Wildman–Crippen LogP) is 1.27. The Labute approximate surface area is 76.2 Å². The Kier molecular flexibility index (Phi) is 3.67. The minimum Gasteiger partial charge on any atom is -0.494 e. The fourth-order valence-corrected chi connectivity index (χ4v) is 1.04. The Morgan fingerprint density at radius 2 is 2.23 bits per heavy atom. The van der Waals surface area contributed by atoms with Crippen molar-refractivity contribution >= 4 is 0 Å². The van der Waals surface area contributed by atoms with E-state index in [1.165, 1.54) is 13.2 Å². The van der Waals surface area contributed by atoms with Gasteiger partial charge in [-0.25, -0.2) is 10.3 Å². The van der Waals surface area contributed by atoms with Gasteiger partial charge in [0.2, 0.25) is 0 Å². The molecule has 0 aliphatic heterocycles. The molecule has 0 radical (unpaired) electrons. The van der Waals surface area contributed by atoms with Crippen molar-refractivity contribution in [2.75, 3.05) is 13.7 Å². The summed E-state index contributed by atoms with van der Waals surface area (Å²) >= 11 is 0. The zero-order valence-corrected chi connectivity index (χ0v) is 7.42. The Balaban J connectivity index is 2.71. The van der Waals surface area contributed by atoms with Crippen molar-refractivity contribution in [3.8, 4) is 5.75 Å². The second kappa shape index (κ2) is 4.79. The van der Waals surface area contributed by atoms with Gasteiger partial charge in [0.15, 0.2) is 11.6 Å². The van der Waals surface area contributed by atoms with E-state index in [0.717, 1.165) is 5.56 Å². The molecule has 0 aliphatic rings. The van der Waals surface area contributed by atoms with Gasteiger partial charge in [-0.2, -0.15) is 0 Å². The van der Waals surface area contributed by atoms with Crippen molar-refractivity contribution in [1.82, 2.24) is 0 Å². The van der Waals surface area contributed by atoms with Gasteiger partial charge in [-0.15, -0.1) is 0 Å². The third-order valence-electron chi connectivity index (χ3n) is 1.72. The number of ether oxygens (including phenoxy) is 1. The average molecular weight is 185 g/mol. The van der Waals surface area contributed by atoms with Crippen molar-refractivity contribution in [2.24, 2.45) is 5.90 Å². The molecule has 0 aromatic heterocycles. The lowest BCUT2D eigenvalue weighted by atomic mass is 10.1. The second-order valence-electron chi connectivity index (χ2n) is 2.59. The number of hydrogen-bond donors (Lipinski definition) is 1. The van der Waals surface area contributed by atoms with Crippen LogP contribution in [0.4, 0.5) is 4.39 Å². The third kappa shape index (κ3) is 2.68. The summed E-state index contributed by atoms with van der Waals surface area (Å²) < 4.78 is 17.9. The smallest absolute Gasteiger partial charge is 0.165 e. The monoisotopic (exact) mass is 185 g/mol. The molecule has 0 saturated heterocycles. The van der Waals surface area contributed by atoms with E-state index in [9.17, 15) is 4.39 Å². The minimum absolute atomic E-state index is 0.248. The number of benzene rings is 1. The van der Waals surface area contributed by atoms with Gasteiger partial charge in [0.1, 0.15) is 0 Å². The molecule has 2 N–H and O–H groups in total. The van der Waals surface area contributed by atoms with E-state index in [-0.39, 0.29) is 11.6 Å². The first-order chi connectivity index (χ1) is 6.27. The molecule has 13 heavy (non-hydrogen) atoms. The summed E-state index contributed by atoms with van der Waals surface area (Å²) in [4.78, 5) is 4.39. The van der Waals surface area contributed by atoms with Crippen molar-refractivity contribution in [3.63, 3.8) is 0 Å². The van der Waals surface area contributed by atoms with E-state index in [2.05, 4.69) is 4.84 Å². The van der Waals surface area contributed by atoms with Gasteiger partial charge in [0.25, 0.3) is 0 Å². The van der Waals surface area contributed by atoms with Crippen LogP contribution in [-0.2, 0) is 11.3 Å².